The molecule has 4 heteroatoms. The van der Waals surface area contributed by atoms with Crippen molar-refractivity contribution < 1.29 is 4.79 Å². The Morgan fingerprint density at radius 1 is 1.16 bits per heavy atom. The molecule has 1 aliphatic heterocycles. The van der Waals surface area contributed by atoms with Gasteiger partial charge in [-0.05, 0) is 43.5 Å². The summed E-state index contributed by atoms with van der Waals surface area (Å²) in [5.74, 6) is 0.610. The molecule has 2 aromatic rings. The van der Waals surface area contributed by atoms with Crippen molar-refractivity contribution in [1.29, 1.82) is 0 Å². The predicted molar refractivity (Wildman–Crippen MR) is 102 cm³/mol. The summed E-state index contributed by atoms with van der Waals surface area (Å²) in [5.41, 5.74) is 3.47. The molecule has 0 bridgehead atoms. The van der Waals surface area contributed by atoms with E-state index < -0.39 is 0 Å². The Bertz CT molecular complexity index is 699. The highest BCUT2D eigenvalue weighted by Gasteiger charge is 2.22. The first-order chi connectivity index (χ1) is 12.1. The van der Waals surface area contributed by atoms with Gasteiger partial charge in [0.1, 0.15) is 0 Å². The van der Waals surface area contributed by atoms with Crippen molar-refractivity contribution in [2.24, 2.45) is 0 Å². The lowest BCUT2D eigenvalue weighted by Crippen LogP contribution is -2.34. The predicted octanol–water partition coefficient (Wildman–Crippen LogP) is 3.49. The van der Waals surface area contributed by atoms with E-state index >= 15 is 0 Å². The number of carbonyl (C=O) groups is 1. The van der Waals surface area contributed by atoms with Gasteiger partial charge in [0.15, 0.2) is 0 Å². The topological polar surface area (TPSA) is 36.4 Å². The second kappa shape index (κ2) is 8.15. The monoisotopic (exact) mass is 337 g/mol. The maximum atomic E-state index is 11.8. The van der Waals surface area contributed by atoms with Crippen molar-refractivity contribution in [3.8, 4) is 0 Å². The maximum Gasteiger partial charge on any atom is 0.222 e. The molecule has 132 valence electrons. The zero-order chi connectivity index (χ0) is 17.6. The molecule has 3 rings (SSSR count). The van der Waals surface area contributed by atoms with Crippen LogP contribution in [0.25, 0.3) is 0 Å². The molecule has 25 heavy (non-hydrogen) atoms. The number of pyridine rings is 1. The van der Waals surface area contributed by atoms with E-state index in [9.17, 15) is 4.79 Å². The number of aryl methyl sites for hydroxylation is 1. The Morgan fingerprint density at radius 2 is 1.96 bits per heavy atom. The lowest BCUT2D eigenvalue weighted by atomic mass is 9.93. The number of nitrogens with zero attached hydrogens (tertiary/aromatic N) is 3. The molecule has 1 fully saturated rings. The van der Waals surface area contributed by atoms with Gasteiger partial charge in [0.2, 0.25) is 5.91 Å². The van der Waals surface area contributed by atoms with Gasteiger partial charge in [-0.1, -0.05) is 24.3 Å². The van der Waals surface area contributed by atoms with Gasteiger partial charge in [0.05, 0.1) is 0 Å². The number of hydrogen-bond acceptors (Lipinski definition) is 3. The van der Waals surface area contributed by atoms with Crippen LogP contribution >= 0.6 is 0 Å². The SMILES string of the molecule is CN(C)C(=O)CCc1cccc([C@@H]2CCCN(c3ccccc3)C2)n1. The van der Waals surface area contributed by atoms with Crippen molar-refractivity contribution in [3.63, 3.8) is 0 Å². The Balaban J connectivity index is 1.67. The van der Waals surface area contributed by atoms with Crippen molar-refractivity contribution in [1.82, 2.24) is 9.88 Å². The van der Waals surface area contributed by atoms with Crippen LogP contribution in [-0.2, 0) is 11.2 Å². The van der Waals surface area contributed by atoms with Gasteiger partial charge in [-0.3, -0.25) is 9.78 Å². The number of amides is 1. The number of anilines is 1. The molecular formula is C21H27N3O. The fourth-order valence-electron chi connectivity index (χ4n) is 3.42. The van der Waals surface area contributed by atoms with Gasteiger partial charge in [-0.15, -0.1) is 0 Å². The quantitative estimate of drug-likeness (QED) is 0.838. The van der Waals surface area contributed by atoms with Crippen LogP contribution in [0.4, 0.5) is 5.69 Å². The third kappa shape index (κ3) is 4.59. The minimum atomic E-state index is 0.153. The van der Waals surface area contributed by atoms with E-state index in [0.29, 0.717) is 18.8 Å². The Kier molecular flexibility index (Phi) is 5.69. The highest BCUT2D eigenvalue weighted by atomic mass is 16.2. The van der Waals surface area contributed by atoms with Crippen LogP contribution in [0.2, 0.25) is 0 Å². The first kappa shape index (κ1) is 17.5. The fourth-order valence-corrected chi connectivity index (χ4v) is 3.42. The summed E-state index contributed by atoms with van der Waals surface area (Å²) in [7, 11) is 3.60. The molecule has 1 atom stereocenters. The third-order valence-electron chi connectivity index (χ3n) is 4.88. The van der Waals surface area contributed by atoms with E-state index in [1.807, 2.05) is 6.07 Å². The highest BCUT2D eigenvalue weighted by molar-refractivity contribution is 5.75. The molecule has 1 aromatic heterocycles. The van der Waals surface area contributed by atoms with Gasteiger partial charge in [-0.25, -0.2) is 0 Å². The summed E-state index contributed by atoms with van der Waals surface area (Å²) in [5, 5.41) is 0. The standard InChI is InChI=1S/C21H27N3O/c1-23(2)21(25)14-13-18-9-6-12-20(22-18)17-8-7-15-24(16-17)19-10-4-3-5-11-19/h3-6,9-12,17H,7-8,13-16H2,1-2H3/t17-/m1/s1. The van der Waals surface area contributed by atoms with E-state index in [-0.39, 0.29) is 5.91 Å². The van der Waals surface area contributed by atoms with E-state index in [0.717, 1.165) is 24.5 Å². The van der Waals surface area contributed by atoms with E-state index in [2.05, 4.69) is 47.4 Å². The van der Waals surface area contributed by atoms with Crippen LogP contribution in [0.5, 0.6) is 0 Å². The molecule has 0 saturated carbocycles. The Hall–Kier alpha value is -2.36. The minimum Gasteiger partial charge on any atom is -0.371 e. The van der Waals surface area contributed by atoms with Crippen molar-refractivity contribution in [3.05, 3.63) is 59.9 Å². The van der Waals surface area contributed by atoms with E-state index in [1.165, 1.54) is 18.5 Å². The number of aromatic nitrogens is 1. The van der Waals surface area contributed by atoms with Gasteiger partial charge >= 0.3 is 0 Å². The van der Waals surface area contributed by atoms with Gasteiger partial charge < -0.3 is 9.80 Å². The zero-order valence-electron chi connectivity index (χ0n) is 15.2. The van der Waals surface area contributed by atoms with Crippen LogP contribution in [0, 0.1) is 0 Å². The maximum absolute atomic E-state index is 11.8. The number of rotatable bonds is 5. The van der Waals surface area contributed by atoms with Crippen LogP contribution in [0.1, 0.15) is 36.6 Å². The summed E-state index contributed by atoms with van der Waals surface area (Å²) >= 11 is 0. The van der Waals surface area contributed by atoms with Gasteiger partial charge in [0, 0.05) is 56.6 Å². The zero-order valence-corrected chi connectivity index (χ0v) is 15.2. The summed E-state index contributed by atoms with van der Waals surface area (Å²) in [6.45, 7) is 2.12. The Labute approximate surface area is 150 Å². The first-order valence-electron chi connectivity index (χ1n) is 9.09. The van der Waals surface area contributed by atoms with Crippen LogP contribution in [0.3, 0.4) is 0 Å². The summed E-state index contributed by atoms with van der Waals surface area (Å²) < 4.78 is 0. The number of carbonyl (C=O) groups excluding carboxylic acids is 1. The van der Waals surface area contributed by atoms with Crippen molar-refractivity contribution >= 4 is 11.6 Å². The second-order valence-corrected chi connectivity index (χ2v) is 6.96. The lowest BCUT2D eigenvalue weighted by Gasteiger charge is -2.34. The normalized spacial score (nSPS) is 17.4. The van der Waals surface area contributed by atoms with Crippen LogP contribution in [0.15, 0.2) is 48.5 Å². The van der Waals surface area contributed by atoms with Gasteiger partial charge in [-0.2, -0.15) is 0 Å². The lowest BCUT2D eigenvalue weighted by molar-refractivity contribution is -0.128. The van der Waals surface area contributed by atoms with Crippen molar-refractivity contribution in [2.75, 3.05) is 32.1 Å². The molecule has 0 unspecified atom stereocenters. The average molecular weight is 337 g/mol. The van der Waals surface area contributed by atoms with E-state index in [1.54, 1.807) is 19.0 Å². The first-order valence-corrected chi connectivity index (χ1v) is 9.09. The highest BCUT2D eigenvalue weighted by Crippen LogP contribution is 2.29. The summed E-state index contributed by atoms with van der Waals surface area (Å²) in [6, 6.07) is 16.9. The molecule has 2 heterocycles. The number of para-hydroxylation sites is 1. The second-order valence-electron chi connectivity index (χ2n) is 6.96. The Morgan fingerprint density at radius 3 is 2.72 bits per heavy atom. The van der Waals surface area contributed by atoms with E-state index in [4.69, 9.17) is 4.98 Å². The average Bonchev–Trinajstić information content (AvgIpc) is 2.67. The largest absolute Gasteiger partial charge is 0.371 e. The molecular weight excluding hydrogens is 310 g/mol. The third-order valence-corrected chi connectivity index (χ3v) is 4.88. The van der Waals surface area contributed by atoms with Gasteiger partial charge in [0.25, 0.3) is 0 Å². The summed E-state index contributed by atoms with van der Waals surface area (Å²) in [4.78, 5) is 20.8. The molecule has 0 radical (unpaired) electrons. The summed E-state index contributed by atoms with van der Waals surface area (Å²) in [6.07, 6.45) is 3.59. The molecule has 0 spiro atoms. The molecule has 1 aromatic carbocycles. The minimum absolute atomic E-state index is 0.153. The number of benzene rings is 1. The van der Waals surface area contributed by atoms with Crippen LogP contribution in [-0.4, -0.2) is 43.0 Å². The molecule has 0 N–H and O–H groups in total. The molecule has 1 amide bonds. The number of hydrogen-bond donors (Lipinski definition) is 0. The van der Waals surface area contributed by atoms with Crippen LogP contribution < -0.4 is 4.90 Å². The molecule has 0 aliphatic carbocycles. The van der Waals surface area contributed by atoms with Crippen molar-refractivity contribution in [2.45, 2.75) is 31.6 Å². The molecule has 4 nitrogen and oxygen atoms in total. The molecule has 1 aliphatic rings. The molecule has 1 saturated heterocycles. The number of piperidine rings is 1. The fraction of sp³-hybridized carbons (Fsp3) is 0.429. The smallest absolute Gasteiger partial charge is 0.222 e.